The molecule has 1 atom stereocenters. The predicted octanol–water partition coefficient (Wildman–Crippen LogP) is 4.86. The van der Waals surface area contributed by atoms with Crippen LogP contribution >= 0.6 is 23.2 Å². The zero-order valence-electron chi connectivity index (χ0n) is 11.6. The van der Waals surface area contributed by atoms with Gasteiger partial charge in [-0.15, -0.1) is 0 Å². The average molecular weight is 328 g/mol. The van der Waals surface area contributed by atoms with E-state index in [1.807, 2.05) is 6.92 Å². The lowest BCUT2D eigenvalue weighted by Crippen LogP contribution is -2.27. The van der Waals surface area contributed by atoms with Gasteiger partial charge in [-0.25, -0.2) is 4.39 Å². The molecule has 0 radical (unpaired) electrons. The summed E-state index contributed by atoms with van der Waals surface area (Å²) < 4.78 is 19.7. The molecule has 0 fully saturated rings. The maximum Gasteiger partial charge on any atom is 0.129 e. The van der Waals surface area contributed by atoms with Gasteiger partial charge < -0.3 is 10.1 Å². The van der Waals surface area contributed by atoms with E-state index >= 15 is 0 Å². The quantitative estimate of drug-likeness (QED) is 0.817. The van der Waals surface area contributed by atoms with Gasteiger partial charge in [0.2, 0.25) is 0 Å². The van der Waals surface area contributed by atoms with Gasteiger partial charge in [0.15, 0.2) is 0 Å². The van der Waals surface area contributed by atoms with Gasteiger partial charge in [-0.3, -0.25) is 0 Å². The Kier molecular flexibility index (Phi) is 5.85. The first-order valence-electron chi connectivity index (χ1n) is 6.67. The Balaban J connectivity index is 2.09. The number of rotatable bonds is 6. The summed E-state index contributed by atoms with van der Waals surface area (Å²) in [5, 5.41) is 4.23. The number of halogens is 3. The second-order valence-electron chi connectivity index (χ2n) is 4.54. The highest BCUT2D eigenvalue weighted by molar-refractivity contribution is 6.30. The highest BCUT2D eigenvalue weighted by Crippen LogP contribution is 2.23. The van der Waals surface area contributed by atoms with E-state index < -0.39 is 0 Å². The van der Waals surface area contributed by atoms with Crippen molar-refractivity contribution >= 4 is 23.2 Å². The standard InChI is InChI=1S/C16H16Cl2FNO/c1-2-20-16(14-8-5-12(18)9-15(14)19)10-21-13-6-3-11(17)4-7-13/h3-9,16,20H,2,10H2,1H3. The van der Waals surface area contributed by atoms with Crippen molar-refractivity contribution in [3.8, 4) is 5.75 Å². The maximum absolute atomic E-state index is 14.0. The van der Waals surface area contributed by atoms with Crippen LogP contribution in [0.1, 0.15) is 18.5 Å². The highest BCUT2D eigenvalue weighted by Gasteiger charge is 2.16. The number of likely N-dealkylation sites (N-methyl/N-ethyl adjacent to an activating group) is 1. The van der Waals surface area contributed by atoms with Crippen LogP contribution in [0.2, 0.25) is 10.0 Å². The SMILES string of the molecule is CCNC(COc1ccc(Cl)cc1)c1ccc(Cl)cc1F. The molecular formula is C16H16Cl2FNO. The fourth-order valence-corrected chi connectivity index (χ4v) is 2.28. The molecule has 0 aliphatic rings. The first kappa shape index (κ1) is 16.1. The van der Waals surface area contributed by atoms with E-state index in [4.69, 9.17) is 27.9 Å². The molecular weight excluding hydrogens is 312 g/mol. The van der Waals surface area contributed by atoms with Crippen molar-refractivity contribution in [2.24, 2.45) is 0 Å². The van der Waals surface area contributed by atoms with Crippen molar-refractivity contribution in [3.63, 3.8) is 0 Å². The van der Waals surface area contributed by atoms with Crippen LogP contribution in [0, 0.1) is 5.82 Å². The Hall–Kier alpha value is -1.29. The Labute approximate surface area is 133 Å². The second kappa shape index (κ2) is 7.64. The molecule has 0 aliphatic carbocycles. The highest BCUT2D eigenvalue weighted by atomic mass is 35.5. The molecule has 1 N–H and O–H groups in total. The van der Waals surface area contributed by atoms with Gasteiger partial charge in [0.25, 0.3) is 0 Å². The van der Waals surface area contributed by atoms with E-state index in [1.165, 1.54) is 6.07 Å². The fourth-order valence-electron chi connectivity index (χ4n) is 2.00. The molecule has 2 aromatic rings. The van der Waals surface area contributed by atoms with E-state index in [0.717, 1.165) is 0 Å². The third-order valence-corrected chi connectivity index (χ3v) is 3.51. The number of hydrogen-bond acceptors (Lipinski definition) is 2. The first-order valence-corrected chi connectivity index (χ1v) is 7.42. The number of ether oxygens (including phenoxy) is 1. The largest absolute Gasteiger partial charge is 0.492 e. The van der Waals surface area contributed by atoms with Crippen LogP contribution in [0.25, 0.3) is 0 Å². The third kappa shape index (κ3) is 4.60. The minimum absolute atomic E-state index is 0.247. The van der Waals surface area contributed by atoms with Crippen molar-refractivity contribution < 1.29 is 9.13 Å². The van der Waals surface area contributed by atoms with Crippen molar-refractivity contribution in [2.75, 3.05) is 13.2 Å². The Bertz CT molecular complexity index is 589. The summed E-state index contributed by atoms with van der Waals surface area (Å²) in [5.74, 6) is 0.352. The van der Waals surface area contributed by atoms with Gasteiger partial charge in [-0.2, -0.15) is 0 Å². The summed E-state index contributed by atoms with van der Waals surface area (Å²) in [6.45, 7) is 2.98. The van der Waals surface area contributed by atoms with Crippen molar-refractivity contribution in [1.29, 1.82) is 0 Å². The van der Waals surface area contributed by atoms with Crippen LogP contribution < -0.4 is 10.1 Å². The molecule has 0 heterocycles. The summed E-state index contributed by atoms with van der Waals surface area (Å²) in [6, 6.07) is 11.5. The van der Waals surface area contributed by atoms with Gasteiger partial charge in [0, 0.05) is 15.6 Å². The fraction of sp³-hybridized carbons (Fsp3) is 0.250. The van der Waals surface area contributed by atoms with Crippen LogP contribution in [0.5, 0.6) is 5.75 Å². The Morgan fingerprint density at radius 3 is 2.38 bits per heavy atom. The minimum Gasteiger partial charge on any atom is -0.492 e. The van der Waals surface area contributed by atoms with Gasteiger partial charge >= 0.3 is 0 Å². The molecule has 0 saturated heterocycles. The monoisotopic (exact) mass is 327 g/mol. The summed E-state index contributed by atoms with van der Waals surface area (Å²) in [4.78, 5) is 0. The number of nitrogens with one attached hydrogen (secondary N) is 1. The second-order valence-corrected chi connectivity index (χ2v) is 5.41. The lowest BCUT2D eigenvalue weighted by atomic mass is 10.1. The Morgan fingerprint density at radius 1 is 1.10 bits per heavy atom. The maximum atomic E-state index is 14.0. The lowest BCUT2D eigenvalue weighted by molar-refractivity contribution is 0.265. The molecule has 0 aliphatic heterocycles. The molecule has 0 saturated carbocycles. The summed E-state index contributed by atoms with van der Waals surface area (Å²) in [7, 11) is 0. The van der Waals surface area contributed by atoms with Gasteiger partial charge in [-0.1, -0.05) is 36.2 Å². The van der Waals surface area contributed by atoms with Crippen LogP contribution in [-0.4, -0.2) is 13.2 Å². The molecule has 0 spiro atoms. The third-order valence-electron chi connectivity index (χ3n) is 3.02. The van der Waals surface area contributed by atoms with Crippen molar-refractivity contribution in [2.45, 2.75) is 13.0 Å². The molecule has 2 nitrogen and oxygen atoms in total. The zero-order chi connectivity index (χ0) is 15.2. The van der Waals surface area contributed by atoms with Gasteiger partial charge in [-0.05, 0) is 42.9 Å². The summed E-state index contributed by atoms with van der Waals surface area (Å²) in [5.41, 5.74) is 0.537. The molecule has 0 amide bonds. The first-order chi connectivity index (χ1) is 10.1. The molecule has 0 bridgehead atoms. The average Bonchev–Trinajstić information content (AvgIpc) is 2.46. The lowest BCUT2D eigenvalue weighted by Gasteiger charge is -2.19. The molecule has 21 heavy (non-hydrogen) atoms. The molecule has 112 valence electrons. The zero-order valence-corrected chi connectivity index (χ0v) is 13.1. The smallest absolute Gasteiger partial charge is 0.129 e. The van der Waals surface area contributed by atoms with Gasteiger partial charge in [0.05, 0.1) is 6.04 Å². The van der Waals surface area contributed by atoms with Crippen LogP contribution in [0.3, 0.4) is 0 Å². The summed E-state index contributed by atoms with van der Waals surface area (Å²) >= 11 is 11.6. The van der Waals surface area contributed by atoms with E-state index in [1.54, 1.807) is 36.4 Å². The van der Waals surface area contributed by atoms with E-state index in [9.17, 15) is 4.39 Å². The topological polar surface area (TPSA) is 21.3 Å². The molecule has 1 unspecified atom stereocenters. The normalized spacial score (nSPS) is 12.2. The van der Waals surface area contributed by atoms with E-state index in [2.05, 4.69) is 5.32 Å². The molecule has 2 rings (SSSR count). The number of hydrogen-bond donors (Lipinski definition) is 1. The van der Waals surface area contributed by atoms with E-state index in [0.29, 0.717) is 34.5 Å². The minimum atomic E-state index is -0.340. The summed E-state index contributed by atoms with van der Waals surface area (Å²) in [6.07, 6.45) is 0. The van der Waals surface area contributed by atoms with Crippen LogP contribution in [0.4, 0.5) is 4.39 Å². The predicted molar refractivity (Wildman–Crippen MR) is 84.8 cm³/mol. The van der Waals surface area contributed by atoms with Gasteiger partial charge in [0.1, 0.15) is 18.2 Å². The molecule has 5 heteroatoms. The van der Waals surface area contributed by atoms with Crippen molar-refractivity contribution in [1.82, 2.24) is 5.32 Å². The van der Waals surface area contributed by atoms with E-state index in [-0.39, 0.29) is 11.9 Å². The Morgan fingerprint density at radius 2 is 1.76 bits per heavy atom. The molecule has 2 aromatic carbocycles. The van der Waals surface area contributed by atoms with Crippen molar-refractivity contribution in [3.05, 3.63) is 63.9 Å². The molecule has 0 aromatic heterocycles. The van der Waals surface area contributed by atoms with Crippen LogP contribution in [-0.2, 0) is 0 Å². The van der Waals surface area contributed by atoms with Crippen LogP contribution in [0.15, 0.2) is 42.5 Å². The number of benzene rings is 2.